The normalized spacial score (nSPS) is 20.8. The van der Waals surface area contributed by atoms with Gasteiger partial charge in [0.15, 0.2) is 0 Å². The third kappa shape index (κ3) is 2.91. The summed E-state index contributed by atoms with van der Waals surface area (Å²) in [5, 5.41) is 1.75. The van der Waals surface area contributed by atoms with Crippen molar-refractivity contribution in [1.29, 1.82) is 0 Å². The minimum absolute atomic E-state index is 0.0485. The number of hydrogen-bond acceptors (Lipinski definition) is 4. The summed E-state index contributed by atoms with van der Waals surface area (Å²) < 4.78 is 5.34. The van der Waals surface area contributed by atoms with Crippen molar-refractivity contribution in [3.63, 3.8) is 0 Å². The lowest BCUT2D eigenvalue weighted by Gasteiger charge is -2.36. The highest BCUT2D eigenvalue weighted by atomic mass is 16.5. The van der Waals surface area contributed by atoms with E-state index >= 15 is 0 Å². The Bertz CT molecular complexity index is 790. The fraction of sp³-hybridized carbons (Fsp3) is 0.389. The van der Waals surface area contributed by atoms with Crippen LogP contribution in [0.4, 0.5) is 0 Å². The number of aromatic nitrogens is 1. The largest absolute Gasteiger partial charge is 0.481 e. The van der Waals surface area contributed by atoms with Crippen LogP contribution in [-0.4, -0.2) is 41.4 Å². The second-order valence-corrected chi connectivity index (χ2v) is 6.22. The third-order valence-electron chi connectivity index (χ3n) is 4.66. The van der Waals surface area contributed by atoms with E-state index < -0.39 is 0 Å². The van der Waals surface area contributed by atoms with Crippen molar-refractivity contribution in [2.45, 2.75) is 25.8 Å². The summed E-state index contributed by atoms with van der Waals surface area (Å²) in [6.45, 7) is 2.32. The molecule has 1 aromatic carbocycles. The first-order valence-electron chi connectivity index (χ1n) is 8.05. The molecule has 2 aromatic rings. The van der Waals surface area contributed by atoms with E-state index in [1.165, 1.54) is 7.11 Å². The molecular weight excluding hydrogens is 306 g/mol. The van der Waals surface area contributed by atoms with E-state index in [0.29, 0.717) is 18.1 Å². The van der Waals surface area contributed by atoms with E-state index in [-0.39, 0.29) is 23.8 Å². The van der Waals surface area contributed by atoms with Gasteiger partial charge in [-0.2, -0.15) is 0 Å². The lowest BCUT2D eigenvalue weighted by Crippen LogP contribution is -2.48. The average Bonchev–Trinajstić information content (AvgIpc) is 2.60. The summed E-state index contributed by atoms with van der Waals surface area (Å²) >= 11 is 0. The van der Waals surface area contributed by atoms with E-state index in [9.17, 15) is 9.59 Å². The number of benzene rings is 1. The molecule has 1 aromatic heterocycles. The Morgan fingerprint density at radius 3 is 2.75 bits per heavy atom. The lowest BCUT2D eigenvalue weighted by atomic mass is 9.92. The van der Waals surface area contributed by atoms with Gasteiger partial charge in [-0.25, -0.2) is 4.98 Å². The predicted octanol–water partition coefficient (Wildman–Crippen LogP) is 1.97. The van der Waals surface area contributed by atoms with Gasteiger partial charge in [0, 0.05) is 18.0 Å². The van der Waals surface area contributed by atoms with E-state index in [1.54, 1.807) is 11.0 Å². The highest BCUT2D eigenvalue weighted by Gasteiger charge is 2.32. The summed E-state index contributed by atoms with van der Waals surface area (Å²) in [5.41, 5.74) is 5.74. The molecule has 0 saturated carbocycles. The average molecular weight is 327 g/mol. The Kier molecular flexibility index (Phi) is 4.38. The molecule has 126 valence electrons. The van der Waals surface area contributed by atoms with Gasteiger partial charge < -0.3 is 15.4 Å². The van der Waals surface area contributed by atoms with Crippen LogP contribution in [0.3, 0.4) is 0 Å². The van der Waals surface area contributed by atoms with E-state index in [2.05, 4.69) is 4.98 Å². The van der Waals surface area contributed by atoms with Crippen LogP contribution in [0.1, 0.15) is 30.3 Å². The van der Waals surface area contributed by atoms with Crippen molar-refractivity contribution >= 4 is 22.6 Å². The maximum absolute atomic E-state index is 12.9. The molecule has 1 fully saturated rings. The number of rotatable bonds is 3. The third-order valence-corrected chi connectivity index (χ3v) is 4.66. The number of nitrogens with zero attached hydrogens (tertiary/aromatic N) is 2. The molecule has 0 bridgehead atoms. The number of ether oxygens (including phenoxy) is 1. The van der Waals surface area contributed by atoms with Crippen LogP contribution in [0.15, 0.2) is 30.3 Å². The zero-order valence-corrected chi connectivity index (χ0v) is 13.9. The van der Waals surface area contributed by atoms with Crippen LogP contribution in [0, 0.1) is 5.92 Å². The van der Waals surface area contributed by atoms with E-state index in [0.717, 1.165) is 23.6 Å². The molecule has 2 N–H and O–H groups in total. The Labute approximate surface area is 140 Å². The molecule has 0 unspecified atom stereocenters. The fourth-order valence-electron chi connectivity index (χ4n) is 3.20. The highest BCUT2D eigenvalue weighted by Crippen LogP contribution is 2.27. The maximum Gasteiger partial charge on any atom is 0.272 e. The number of carbonyl (C=O) groups is 2. The second-order valence-electron chi connectivity index (χ2n) is 6.22. The molecule has 1 saturated heterocycles. The van der Waals surface area contributed by atoms with Crippen LogP contribution in [0.2, 0.25) is 0 Å². The molecule has 1 aliphatic heterocycles. The minimum atomic E-state index is -0.358. The Morgan fingerprint density at radius 1 is 1.29 bits per heavy atom. The first-order valence-corrected chi connectivity index (χ1v) is 8.05. The number of carbonyl (C=O) groups excluding carboxylic acids is 2. The summed E-state index contributed by atoms with van der Waals surface area (Å²) in [7, 11) is 1.54. The molecule has 2 amide bonds. The van der Waals surface area contributed by atoms with Gasteiger partial charge in [-0.15, -0.1) is 0 Å². The van der Waals surface area contributed by atoms with Gasteiger partial charge in [-0.1, -0.05) is 18.2 Å². The lowest BCUT2D eigenvalue weighted by molar-refractivity contribution is -0.123. The number of methoxy groups -OCH3 is 1. The first kappa shape index (κ1) is 16.2. The van der Waals surface area contributed by atoms with Crippen molar-refractivity contribution in [2.24, 2.45) is 11.7 Å². The zero-order valence-electron chi connectivity index (χ0n) is 13.9. The van der Waals surface area contributed by atoms with Crippen molar-refractivity contribution < 1.29 is 14.3 Å². The first-order chi connectivity index (χ1) is 11.5. The quantitative estimate of drug-likeness (QED) is 0.934. The van der Waals surface area contributed by atoms with E-state index in [1.807, 2.05) is 31.2 Å². The van der Waals surface area contributed by atoms with Crippen molar-refractivity contribution in [1.82, 2.24) is 9.88 Å². The van der Waals surface area contributed by atoms with Gasteiger partial charge in [0.05, 0.1) is 13.0 Å². The van der Waals surface area contributed by atoms with Crippen molar-refractivity contribution in [2.75, 3.05) is 13.7 Å². The topological polar surface area (TPSA) is 85.5 Å². The van der Waals surface area contributed by atoms with Crippen LogP contribution >= 0.6 is 0 Å². The van der Waals surface area contributed by atoms with Gasteiger partial charge in [-0.3, -0.25) is 9.59 Å². The number of primary amides is 1. The highest BCUT2D eigenvalue weighted by molar-refractivity contribution is 5.98. The molecule has 24 heavy (non-hydrogen) atoms. The van der Waals surface area contributed by atoms with Gasteiger partial charge in [-0.05, 0) is 37.3 Å². The SMILES string of the molecule is COc1nc(C(=O)N2C[C@H](C(N)=O)CC[C@@H]2C)cc2ccccc12. The fourth-order valence-corrected chi connectivity index (χ4v) is 3.20. The van der Waals surface area contributed by atoms with Crippen molar-refractivity contribution in [3.8, 4) is 5.88 Å². The standard InChI is InChI=1S/C18H21N3O3/c1-11-7-8-13(16(19)22)10-21(11)18(23)15-9-12-5-3-4-6-14(12)17(20-15)24-2/h3-6,9,11,13H,7-8,10H2,1-2H3,(H2,19,22)/t11-,13+/m0/s1. The summed E-state index contributed by atoms with van der Waals surface area (Å²) in [4.78, 5) is 30.5. The molecule has 6 nitrogen and oxygen atoms in total. The zero-order chi connectivity index (χ0) is 17.3. The maximum atomic E-state index is 12.9. The minimum Gasteiger partial charge on any atom is -0.481 e. The van der Waals surface area contributed by atoms with Crippen LogP contribution in [0.5, 0.6) is 5.88 Å². The van der Waals surface area contributed by atoms with Gasteiger partial charge in [0.25, 0.3) is 5.91 Å². The van der Waals surface area contributed by atoms with Crippen molar-refractivity contribution in [3.05, 3.63) is 36.0 Å². The molecular formula is C18H21N3O3. The molecule has 6 heteroatoms. The van der Waals surface area contributed by atoms with Crippen LogP contribution < -0.4 is 10.5 Å². The number of piperidine rings is 1. The monoisotopic (exact) mass is 327 g/mol. The summed E-state index contributed by atoms with van der Waals surface area (Å²) in [5.74, 6) is -0.429. The number of hydrogen-bond donors (Lipinski definition) is 1. The van der Waals surface area contributed by atoms with Gasteiger partial charge in [0.2, 0.25) is 11.8 Å². The molecule has 0 spiro atoms. The van der Waals surface area contributed by atoms with E-state index in [4.69, 9.17) is 10.5 Å². The second kappa shape index (κ2) is 6.47. The summed E-state index contributed by atoms with van der Waals surface area (Å²) in [6, 6.07) is 9.44. The number of likely N-dealkylation sites (tertiary alicyclic amines) is 1. The van der Waals surface area contributed by atoms with Crippen LogP contribution in [0.25, 0.3) is 10.8 Å². The Hall–Kier alpha value is -2.63. The van der Waals surface area contributed by atoms with Gasteiger partial charge in [0.1, 0.15) is 5.69 Å². The predicted molar refractivity (Wildman–Crippen MR) is 90.7 cm³/mol. The molecule has 3 rings (SSSR count). The molecule has 0 aliphatic carbocycles. The molecule has 2 atom stereocenters. The number of amides is 2. The number of pyridine rings is 1. The molecule has 0 radical (unpaired) electrons. The Balaban J connectivity index is 1.97. The number of nitrogens with two attached hydrogens (primary N) is 1. The molecule has 2 heterocycles. The summed E-state index contributed by atoms with van der Waals surface area (Å²) in [6.07, 6.45) is 1.47. The number of fused-ring (bicyclic) bond motifs is 1. The smallest absolute Gasteiger partial charge is 0.272 e. The van der Waals surface area contributed by atoms with Crippen LogP contribution in [-0.2, 0) is 4.79 Å². The van der Waals surface area contributed by atoms with Gasteiger partial charge >= 0.3 is 0 Å². The molecule has 1 aliphatic rings. The Morgan fingerprint density at radius 2 is 2.04 bits per heavy atom.